The van der Waals surface area contributed by atoms with Crippen LogP contribution >= 0.6 is 0 Å². The van der Waals surface area contributed by atoms with Crippen molar-refractivity contribution in [2.45, 2.75) is 31.6 Å². The van der Waals surface area contributed by atoms with Gasteiger partial charge < -0.3 is 25.6 Å². The summed E-state index contributed by atoms with van der Waals surface area (Å²) >= 11 is 0. The fraction of sp³-hybridized carbons (Fsp3) is 0.323. The molecule has 7 rings (SSSR count). The molecule has 2 atom stereocenters. The normalized spacial score (nSPS) is 19.4. The van der Waals surface area contributed by atoms with Crippen LogP contribution in [0.3, 0.4) is 0 Å². The van der Waals surface area contributed by atoms with Crippen LogP contribution in [0.5, 0.6) is 0 Å². The molecule has 4 aromatic rings. The van der Waals surface area contributed by atoms with E-state index in [-0.39, 0.29) is 25.2 Å². The smallest absolute Gasteiger partial charge is 0.269 e. The molecule has 1 aliphatic carbocycles. The first-order valence-electron chi connectivity index (χ1n) is 14.7. The molecule has 3 amide bonds. The molecule has 2 saturated heterocycles. The van der Waals surface area contributed by atoms with Crippen LogP contribution in [0.15, 0.2) is 55.0 Å². The summed E-state index contributed by atoms with van der Waals surface area (Å²) in [5.74, 6) is -1.46. The molecule has 13 nitrogen and oxygen atoms in total. The number of ether oxygens (including phenoxy) is 1. The highest BCUT2D eigenvalue weighted by atomic mass is 19.1. The monoisotopic (exact) mass is 611 g/mol. The number of fused-ring (bicyclic) bond motifs is 2. The van der Waals surface area contributed by atoms with Crippen molar-refractivity contribution in [1.82, 2.24) is 34.8 Å². The van der Waals surface area contributed by atoms with Gasteiger partial charge in [0.15, 0.2) is 5.69 Å². The second kappa shape index (κ2) is 11.7. The van der Waals surface area contributed by atoms with Crippen LogP contribution < -0.4 is 11.1 Å². The Morgan fingerprint density at radius 3 is 2.69 bits per heavy atom. The summed E-state index contributed by atoms with van der Waals surface area (Å²) in [5.41, 5.74) is 10.8. The first-order chi connectivity index (χ1) is 21.9. The highest BCUT2D eigenvalue weighted by molar-refractivity contribution is 6.05. The standard InChI is InChI=1S/C31H30FN9O4/c32-21-12-26(31(44)37-27-13-22-20(14-34-27)2-3-24(22)39-7-9-45-10-8-39)40(16-21)28(42)17-41-25-4-1-18(19-5-6-35-36-15-19)11-23(25)29(38-41)30(33)43/h1,3-6,11,13-15,21,26H,2,7-10,12,16-17H2,(H2,33,43)(H,34,37,44). The number of pyridine rings is 1. The van der Waals surface area contributed by atoms with E-state index in [4.69, 9.17) is 10.5 Å². The number of nitrogens with two attached hydrogens (primary N) is 1. The molecule has 14 heteroatoms. The number of likely N-dealkylation sites (tertiary alicyclic amines) is 1. The topological polar surface area (TPSA) is 161 Å². The molecule has 0 spiro atoms. The average molecular weight is 612 g/mol. The average Bonchev–Trinajstić information content (AvgIpc) is 3.76. The first-order valence-corrected chi connectivity index (χ1v) is 14.7. The second-order valence-electron chi connectivity index (χ2n) is 11.2. The van der Waals surface area contributed by atoms with Crippen molar-refractivity contribution in [2.24, 2.45) is 5.73 Å². The molecule has 0 bridgehead atoms. The maximum Gasteiger partial charge on any atom is 0.269 e. The predicted molar refractivity (Wildman–Crippen MR) is 161 cm³/mol. The fourth-order valence-corrected chi connectivity index (χ4v) is 6.23. The van der Waals surface area contributed by atoms with Gasteiger partial charge in [0.2, 0.25) is 11.8 Å². The zero-order valence-electron chi connectivity index (χ0n) is 24.2. The number of primary amides is 1. The van der Waals surface area contributed by atoms with E-state index < -0.39 is 29.9 Å². The summed E-state index contributed by atoms with van der Waals surface area (Å²) in [7, 11) is 0. The van der Waals surface area contributed by atoms with E-state index in [2.05, 4.69) is 36.6 Å². The van der Waals surface area contributed by atoms with Crippen LogP contribution in [-0.2, 0) is 27.3 Å². The van der Waals surface area contributed by atoms with Gasteiger partial charge in [-0.2, -0.15) is 15.3 Å². The Morgan fingerprint density at radius 2 is 1.91 bits per heavy atom. The molecule has 45 heavy (non-hydrogen) atoms. The maximum atomic E-state index is 14.7. The third-order valence-corrected chi connectivity index (χ3v) is 8.44. The van der Waals surface area contributed by atoms with Gasteiger partial charge in [-0.1, -0.05) is 12.1 Å². The largest absolute Gasteiger partial charge is 0.378 e. The number of amides is 3. The van der Waals surface area contributed by atoms with E-state index in [9.17, 15) is 18.8 Å². The molecule has 1 aromatic carbocycles. The van der Waals surface area contributed by atoms with Crippen LogP contribution in [-0.4, -0.2) is 97.5 Å². The minimum Gasteiger partial charge on any atom is -0.378 e. The van der Waals surface area contributed by atoms with Crippen LogP contribution in [0.2, 0.25) is 0 Å². The van der Waals surface area contributed by atoms with Gasteiger partial charge in [-0.05, 0) is 41.8 Å². The zero-order valence-corrected chi connectivity index (χ0v) is 24.2. The number of nitrogens with one attached hydrogen (secondary N) is 1. The van der Waals surface area contributed by atoms with E-state index in [0.717, 1.165) is 47.5 Å². The Bertz CT molecular complexity index is 1840. The number of aromatic nitrogens is 5. The van der Waals surface area contributed by atoms with Crippen molar-refractivity contribution in [1.29, 1.82) is 0 Å². The van der Waals surface area contributed by atoms with E-state index >= 15 is 0 Å². The molecule has 3 aliphatic rings. The number of benzene rings is 1. The number of halogens is 1. The van der Waals surface area contributed by atoms with Gasteiger partial charge >= 0.3 is 0 Å². The number of allylic oxidation sites excluding steroid dienone is 1. The summed E-state index contributed by atoms with van der Waals surface area (Å²) in [5, 5.41) is 15.2. The molecule has 5 heterocycles. The molecule has 2 fully saturated rings. The van der Waals surface area contributed by atoms with Crippen LogP contribution in [0.4, 0.5) is 10.2 Å². The van der Waals surface area contributed by atoms with Crippen molar-refractivity contribution in [3.8, 4) is 11.1 Å². The molecule has 0 radical (unpaired) electrons. The molecule has 3 N–H and O–H groups in total. The Morgan fingerprint density at radius 1 is 1.07 bits per heavy atom. The van der Waals surface area contributed by atoms with Gasteiger partial charge in [-0.3, -0.25) is 19.1 Å². The van der Waals surface area contributed by atoms with E-state index in [1.165, 1.54) is 9.58 Å². The van der Waals surface area contributed by atoms with E-state index in [0.29, 0.717) is 29.9 Å². The number of alkyl halides is 1. The van der Waals surface area contributed by atoms with Crippen molar-refractivity contribution >= 4 is 40.1 Å². The predicted octanol–water partition coefficient (Wildman–Crippen LogP) is 1.79. The Balaban J connectivity index is 1.10. The van der Waals surface area contributed by atoms with Gasteiger partial charge in [0.25, 0.3) is 5.91 Å². The summed E-state index contributed by atoms with van der Waals surface area (Å²) in [4.78, 5) is 47.2. The van der Waals surface area contributed by atoms with Gasteiger partial charge in [0, 0.05) is 47.9 Å². The van der Waals surface area contributed by atoms with Crippen molar-refractivity contribution in [2.75, 3.05) is 38.2 Å². The minimum atomic E-state index is -1.37. The van der Waals surface area contributed by atoms with Crippen molar-refractivity contribution < 1.29 is 23.5 Å². The quantitative estimate of drug-likeness (QED) is 0.317. The lowest BCUT2D eigenvalue weighted by molar-refractivity contribution is -0.137. The number of anilines is 1. The number of hydrogen-bond acceptors (Lipinski definition) is 9. The maximum absolute atomic E-state index is 14.7. The number of morpholine rings is 1. The summed E-state index contributed by atoms with van der Waals surface area (Å²) < 4.78 is 21.6. The molecular formula is C31H30FN9O4. The molecule has 2 unspecified atom stereocenters. The van der Waals surface area contributed by atoms with Crippen molar-refractivity contribution in [3.05, 3.63) is 71.8 Å². The summed E-state index contributed by atoms with van der Waals surface area (Å²) in [6, 6.07) is 7.83. The SMILES string of the molecule is NC(=O)c1nn(CC(=O)N2CC(F)CC2C(=O)Nc2cc3c(cn2)CC=C3N2CCOCC2)c2ccc(-c3ccnnc3)cc12. The molecular weight excluding hydrogens is 581 g/mol. The third-order valence-electron chi connectivity index (χ3n) is 8.44. The lowest BCUT2D eigenvalue weighted by Crippen LogP contribution is -2.44. The second-order valence-corrected chi connectivity index (χ2v) is 11.2. The molecule has 2 aliphatic heterocycles. The van der Waals surface area contributed by atoms with Crippen LogP contribution in [0.25, 0.3) is 27.7 Å². The van der Waals surface area contributed by atoms with E-state index in [1.54, 1.807) is 42.9 Å². The number of hydrogen-bond donors (Lipinski definition) is 2. The zero-order chi connectivity index (χ0) is 31.1. The third kappa shape index (κ3) is 5.48. The Kier molecular flexibility index (Phi) is 7.41. The number of nitrogens with zero attached hydrogens (tertiary/aromatic N) is 7. The Labute approximate surface area is 256 Å². The first kappa shape index (κ1) is 28.5. The van der Waals surface area contributed by atoms with Crippen LogP contribution in [0.1, 0.15) is 28.0 Å². The highest BCUT2D eigenvalue weighted by Gasteiger charge is 2.40. The van der Waals surface area contributed by atoms with Crippen molar-refractivity contribution in [3.63, 3.8) is 0 Å². The summed E-state index contributed by atoms with van der Waals surface area (Å²) in [6.45, 7) is 2.31. The van der Waals surface area contributed by atoms with Gasteiger partial charge in [0.05, 0.1) is 37.7 Å². The lowest BCUT2D eigenvalue weighted by atomic mass is 10.0. The molecule has 0 saturated carbocycles. The van der Waals surface area contributed by atoms with Crippen LogP contribution in [0, 0.1) is 0 Å². The number of rotatable bonds is 7. The van der Waals surface area contributed by atoms with E-state index in [1.807, 2.05) is 6.07 Å². The van der Waals surface area contributed by atoms with Gasteiger partial charge in [-0.25, -0.2) is 9.37 Å². The molecule has 3 aromatic heterocycles. The molecule has 230 valence electrons. The summed E-state index contributed by atoms with van der Waals surface area (Å²) in [6.07, 6.45) is 6.26. The lowest BCUT2D eigenvalue weighted by Gasteiger charge is -2.30. The number of carbonyl (C=O) groups is 3. The Hall–Kier alpha value is -5.24. The minimum absolute atomic E-state index is 0.00562. The van der Waals surface area contributed by atoms with Gasteiger partial charge in [0.1, 0.15) is 24.6 Å². The fourth-order valence-electron chi connectivity index (χ4n) is 6.23. The highest BCUT2D eigenvalue weighted by Crippen LogP contribution is 2.32. The van der Waals surface area contributed by atoms with Gasteiger partial charge in [-0.15, -0.1) is 0 Å². The number of carbonyl (C=O) groups excluding carboxylic acids is 3.